The van der Waals surface area contributed by atoms with E-state index < -0.39 is 12.2 Å². The van der Waals surface area contributed by atoms with E-state index in [1.807, 2.05) is 0 Å². The minimum atomic E-state index is -0.593. The predicted molar refractivity (Wildman–Crippen MR) is 65.6 cm³/mol. The Morgan fingerprint density at radius 2 is 1.00 bits per heavy atom. The standard InChI is InChI=1S/C4H10O2.C4H8O.C4H6/c1-3(5)4(2)6;1-3-4(2)5;1-3-4-2/h3-6H,1-2H3;3-5H,1H2,2H3;3-4H,1-2H2. The molecule has 3 unspecified atom stereocenters. The van der Waals surface area contributed by atoms with Crippen molar-refractivity contribution in [2.24, 2.45) is 0 Å². The summed E-state index contributed by atoms with van der Waals surface area (Å²) in [6, 6.07) is 0. The van der Waals surface area contributed by atoms with Crippen LogP contribution in [0.3, 0.4) is 0 Å². The monoisotopic (exact) mass is 216 g/mol. The second-order valence-corrected chi connectivity index (χ2v) is 2.93. The van der Waals surface area contributed by atoms with E-state index >= 15 is 0 Å². The summed E-state index contributed by atoms with van der Waals surface area (Å²) in [5, 5.41) is 25.0. The van der Waals surface area contributed by atoms with Gasteiger partial charge in [-0.15, -0.1) is 6.58 Å². The second kappa shape index (κ2) is 15.6. The smallest absolute Gasteiger partial charge is 0.0768 e. The molecule has 15 heavy (non-hydrogen) atoms. The van der Waals surface area contributed by atoms with Gasteiger partial charge in [0.25, 0.3) is 0 Å². The fourth-order valence-corrected chi connectivity index (χ4v) is 0. The van der Waals surface area contributed by atoms with Crippen molar-refractivity contribution >= 4 is 0 Å². The molecule has 0 saturated carbocycles. The maximum atomic E-state index is 8.38. The van der Waals surface area contributed by atoms with Gasteiger partial charge in [0.15, 0.2) is 0 Å². The zero-order chi connectivity index (χ0) is 12.9. The van der Waals surface area contributed by atoms with E-state index in [1.54, 1.807) is 32.9 Å². The largest absolute Gasteiger partial charge is 0.391 e. The van der Waals surface area contributed by atoms with E-state index in [9.17, 15) is 0 Å². The Labute approximate surface area is 93.1 Å². The van der Waals surface area contributed by atoms with Gasteiger partial charge in [-0.2, -0.15) is 0 Å². The lowest BCUT2D eigenvalue weighted by molar-refractivity contribution is 0.0438. The number of rotatable bonds is 3. The fraction of sp³-hybridized carbons (Fsp3) is 0.500. The molecule has 0 amide bonds. The van der Waals surface area contributed by atoms with Gasteiger partial charge in [-0.05, 0) is 20.8 Å². The van der Waals surface area contributed by atoms with Crippen molar-refractivity contribution in [1.82, 2.24) is 0 Å². The molecule has 0 aliphatic heterocycles. The van der Waals surface area contributed by atoms with E-state index in [1.165, 1.54) is 6.08 Å². The third kappa shape index (κ3) is 43.4. The van der Waals surface area contributed by atoms with Crippen LogP contribution in [0.4, 0.5) is 0 Å². The van der Waals surface area contributed by atoms with Crippen molar-refractivity contribution in [2.75, 3.05) is 0 Å². The first-order valence-corrected chi connectivity index (χ1v) is 4.73. The van der Waals surface area contributed by atoms with Crippen LogP contribution in [0.25, 0.3) is 0 Å². The Morgan fingerprint density at radius 3 is 1.00 bits per heavy atom. The first-order chi connectivity index (χ1) is 6.83. The normalized spacial score (nSPS) is 14.0. The number of aliphatic hydroxyl groups is 3. The topological polar surface area (TPSA) is 60.7 Å². The average Bonchev–Trinajstić information content (AvgIpc) is 2.19. The lowest BCUT2D eigenvalue weighted by Crippen LogP contribution is -2.17. The van der Waals surface area contributed by atoms with Gasteiger partial charge in [-0.3, -0.25) is 0 Å². The zero-order valence-electron chi connectivity index (χ0n) is 9.93. The summed E-state index contributed by atoms with van der Waals surface area (Å²) in [5.41, 5.74) is 0. The Kier molecular flexibility index (Phi) is 20.4. The Hall–Kier alpha value is -0.900. The SMILES string of the molecule is C=CC(C)O.C=CC=C.CC(O)C(C)O. The Bertz CT molecular complexity index is 137. The quantitative estimate of drug-likeness (QED) is 0.496. The Balaban J connectivity index is -0.000000147. The summed E-state index contributed by atoms with van der Waals surface area (Å²) < 4.78 is 0. The molecule has 0 aliphatic carbocycles. The van der Waals surface area contributed by atoms with E-state index in [0.717, 1.165) is 0 Å². The summed E-state index contributed by atoms with van der Waals surface area (Å²) >= 11 is 0. The summed E-state index contributed by atoms with van der Waals surface area (Å²) in [4.78, 5) is 0. The highest BCUT2D eigenvalue weighted by Crippen LogP contribution is 1.85. The van der Waals surface area contributed by atoms with Crippen molar-refractivity contribution < 1.29 is 15.3 Å². The van der Waals surface area contributed by atoms with Crippen LogP contribution in [-0.4, -0.2) is 33.6 Å². The molecule has 0 aromatic heterocycles. The van der Waals surface area contributed by atoms with Crippen LogP contribution in [0, 0.1) is 0 Å². The molecule has 3 heteroatoms. The summed E-state index contributed by atoms with van der Waals surface area (Å²) in [5.74, 6) is 0. The lowest BCUT2D eigenvalue weighted by Gasteiger charge is -2.03. The molecule has 3 nitrogen and oxygen atoms in total. The summed E-state index contributed by atoms with van der Waals surface area (Å²) in [6.07, 6.45) is 3.21. The van der Waals surface area contributed by atoms with Crippen molar-refractivity contribution in [2.45, 2.75) is 39.1 Å². The highest BCUT2D eigenvalue weighted by atomic mass is 16.3. The summed E-state index contributed by atoms with van der Waals surface area (Å²) in [7, 11) is 0. The summed E-state index contributed by atoms with van der Waals surface area (Å²) in [6.45, 7) is 14.8. The highest BCUT2D eigenvalue weighted by Gasteiger charge is 1.99. The average molecular weight is 216 g/mol. The van der Waals surface area contributed by atoms with Crippen LogP contribution in [0.2, 0.25) is 0 Å². The molecule has 0 radical (unpaired) electrons. The number of aliphatic hydroxyl groups excluding tert-OH is 3. The predicted octanol–water partition coefficient (Wildman–Crippen LogP) is 1.66. The second-order valence-electron chi connectivity index (χ2n) is 2.93. The van der Waals surface area contributed by atoms with Crippen LogP contribution in [0.15, 0.2) is 38.0 Å². The Morgan fingerprint density at radius 1 is 0.800 bits per heavy atom. The van der Waals surface area contributed by atoms with Gasteiger partial charge in [0.05, 0.1) is 18.3 Å². The van der Waals surface area contributed by atoms with Gasteiger partial charge < -0.3 is 15.3 Å². The molecule has 0 spiro atoms. The van der Waals surface area contributed by atoms with E-state index in [4.69, 9.17) is 15.3 Å². The minimum absolute atomic E-state index is 0.352. The maximum Gasteiger partial charge on any atom is 0.0768 e. The molecule has 0 aliphatic rings. The van der Waals surface area contributed by atoms with Crippen LogP contribution in [0.1, 0.15) is 20.8 Å². The first kappa shape index (κ1) is 19.6. The van der Waals surface area contributed by atoms with Crippen molar-refractivity contribution in [1.29, 1.82) is 0 Å². The molecule has 0 fully saturated rings. The van der Waals surface area contributed by atoms with Crippen LogP contribution < -0.4 is 0 Å². The number of hydrogen-bond acceptors (Lipinski definition) is 3. The molecule has 0 saturated heterocycles. The van der Waals surface area contributed by atoms with Gasteiger partial charge in [-0.25, -0.2) is 0 Å². The molecule has 0 aromatic rings. The number of allylic oxidation sites excluding steroid dienone is 2. The van der Waals surface area contributed by atoms with Crippen molar-refractivity contribution in [3.05, 3.63) is 38.0 Å². The molecular formula is C12H24O3. The number of hydrogen-bond donors (Lipinski definition) is 3. The maximum absolute atomic E-state index is 8.38. The van der Waals surface area contributed by atoms with Gasteiger partial charge in [0.2, 0.25) is 0 Å². The van der Waals surface area contributed by atoms with Crippen LogP contribution in [0.5, 0.6) is 0 Å². The first-order valence-electron chi connectivity index (χ1n) is 4.73. The van der Waals surface area contributed by atoms with E-state index in [-0.39, 0.29) is 6.10 Å². The molecular weight excluding hydrogens is 192 g/mol. The molecule has 0 aromatic carbocycles. The third-order valence-electron chi connectivity index (χ3n) is 1.21. The highest BCUT2D eigenvalue weighted by molar-refractivity contribution is 4.88. The molecule has 0 rings (SSSR count). The van der Waals surface area contributed by atoms with Crippen LogP contribution in [-0.2, 0) is 0 Å². The lowest BCUT2D eigenvalue weighted by atomic mass is 10.3. The van der Waals surface area contributed by atoms with E-state index in [0.29, 0.717) is 0 Å². The molecule has 3 atom stereocenters. The molecule has 90 valence electrons. The van der Waals surface area contributed by atoms with Crippen LogP contribution >= 0.6 is 0 Å². The third-order valence-corrected chi connectivity index (χ3v) is 1.21. The van der Waals surface area contributed by atoms with Gasteiger partial charge >= 0.3 is 0 Å². The van der Waals surface area contributed by atoms with Gasteiger partial charge in [-0.1, -0.05) is 31.4 Å². The fourth-order valence-electron chi connectivity index (χ4n) is 0. The van der Waals surface area contributed by atoms with Crippen molar-refractivity contribution in [3.8, 4) is 0 Å². The minimum Gasteiger partial charge on any atom is -0.391 e. The molecule has 0 bridgehead atoms. The van der Waals surface area contributed by atoms with E-state index in [2.05, 4.69) is 19.7 Å². The molecule has 3 N–H and O–H groups in total. The molecule has 0 heterocycles. The zero-order valence-corrected chi connectivity index (χ0v) is 9.93. The van der Waals surface area contributed by atoms with Gasteiger partial charge in [0, 0.05) is 0 Å². The van der Waals surface area contributed by atoms with Crippen molar-refractivity contribution in [3.63, 3.8) is 0 Å². The van der Waals surface area contributed by atoms with Gasteiger partial charge in [0.1, 0.15) is 0 Å².